The lowest BCUT2D eigenvalue weighted by Crippen LogP contribution is -2.62. The monoisotopic (exact) mass is 762 g/mol. The van der Waals surface area contributed by atoms with E-state index in [1.165, 1.54) is 13.2 Å². The van der Waals surface area contributed by atoms with Crippen molar-refractivity contribution >= 4 is 11.9 Å². The molecule has 2 unspecified atom stereocenters. The minimum Gasteiger partial charge on any atom is -0.493 e. The fourth-order valence-corrected chi connectivity index (χ4v) is 8.01. The molecule has 12 nitrogen and oxygen atoms in total. The topological polar surface area (TPSA) is 159 Å². The highest BCUT2D eigenvalue weighted by molar-refractivity contribution is 5.83. The summed E-state index contributed by atoms with van der Waals surface area (Å²) in [5.41, 5.74) is -0.970. The zero-order chi connectivity index (χ0) is 39.3. The first-order valence-corrected chi connectivity index (χ1v) is 20.1. The van der Waals surface area contributed by atoms with E-state index >= 15 is 0 Å². The zero-order valence-corrected chi connectivity index (χ0v) is 33.0. The first-order valence-electron chi connectivity index (χ1n) is 20.1. The van der Waals surface area contributed by atoms with Crippen LogP contribution >= 0.6 is 0 Å². The Labute approximate surface area is 321 Å². The molecule has 6 bridgehead atoms. The van der Waals surface area contributed by atoms with Crippen molar-refractivity contribution in [1.82, 2.24) is 0 Å². The van der Waals surface area contributed by atoms with Crippen molar-refractivity contribution in [3.8, 4) is 0 Å². The molecular weight excluding hydrogens is 696 g/mol. The third kappa shape index (κ3) is 12.7. The maximum absolute atomic E-state index is 13.4. The van der Waals surface area contributed by atoms with Gasteiger partial charge in [-0.3, -0.25) is 4.79 Å². The van der Waals surface area contributed by atoms with Crippen LogP contribution in [0.2, 0.25) is 0 Å². The van der Waals surface area contributed by atoms with Gasteiger partial charge in [0.2, 0.25) is 5.79 Å². The third-order valence-electron chi connectivity index (χ3n) is 11.0. The average molecular weight is 763 g/mol. The molecule has 4 aliphatic rings. The maximum Gasteiger partial charge on any atom is 0.330 e. The van der Waals surface area contributed by atoms with Crippen LogP contribution < -0.4 is 0 Å². The van der Waals surface area contributed by atoms with Crippen LogP contribution in [-0.2, 0) is 42.7 Å². The summed E-state index contributed by atoms with van der Waals surface area (Å²) in [6.07, 6.45) is 11.6. The predicted octanol–water partition coefficient (Wildman–Crippen LogP) is 6.26. The molecule has 12 heteroatoms. The Morgan fingerprint density at radius 2 is 1.69 bits per heavy atom. The van der Waals surface area contributed by atoms with Gasteiger partial charge in [0.15, 0.2) is 12.4 Å². The Bertz CT molecular complexity index is 1290. The van der Waals surface area contributed by atoms with E-state index in [-0.39, 0.29) is 50.1 Å². The van der Waals surface area contributed by atoms with Crippen LogP contribution in [0.25, 0.3) is 0 Å². The fourth-order valence-electron chi connectivity index (χ4n) is 8.01. The summed E-state index contributed by atoms with van der Waals surface area (Å²) in [5.74, 6) is -3.12. The Morgan fingerprint density at radius 3 is 2.39 bits per heavy atom. The second-order valence-electron chi connectivity index (χ2n) is 16.0. The number of methoxy groups -OCH3 is 1. The molecule has 0 aromatic rings. The Balaban J connectivity index is 1.72. The van der Waals surface area contributed by atoms with E-state index in [0.29, 0.717) is 43.4 Å². The van der Waals surface area contributed by atoms with Crippen LogP contribution in [0.3, 0.4) is 0 Å². The summed E-state index contributed by atoms with van der Waals surface area (Å²) >= 11 is 0. The highest BCUT2D eigenvalue weighted by Gasteiger charge is 2.57. The highest BCUT2D eigenvalue weighted by Crippen LogP contribution is 2.47. The largest absolute Gasteiger partial charge is 0.493 e. The number of hydrogen-bond donors (Lipinski definition) is 3. The van der Waals surface area contributed by atoms with E-state index in [0.717, 1.165) is 44.9 Å². The van der Waals surface area contributed by atoms with Gasteiger partial charge >= 0.3 is 11.9 Å². The van der Waals surface area contributed by atoms with Crippen LogP contribution in [0.15, 0.2) is 48.8 Å². The van der Waals surface area contributed by atoms with Crippen molar-refractivity contribution in [2.45, 2.75) is 184 Å². The summed E-state index contributed by atoms with van der Waals surface area (Å²) in [6.45, 7) is 13.2. The van der Waals surface area contributed by atoms with Crippen molar-refractivity contribution < 1.29 is 58.1 Å². The number of esters is 2. The molecule has 306 valence electrons. The van der Waals surface area contributed by atoms with Gasteiger partial charge in [0, 0.05) is 43.6 Å². The lowest BCUT2D eigenvalue weighted by molar-refractivity contribution is -0.327. The van der Waals surface area contributed by atoms with Gasteiger partial charge in [-0.05, 0) is 56.6 Å². The van der Waals surface area contributed by atoms with Gasteiger partial charge in [-0.25, -0.2) is 4.79 Å². The van der Waals surface area contributed by atoms with Crippen molar-refractivity contribution in [2.24, 2.45) is 5.41 Å². The molecule has 54 heavy (non-hydrogen) atoms. The first kappa shape index (κ1) is 44.1. The minimum atomic E-state index is -2.21. The molecule has 4 heterocycles. The van der Waals surface area contributed by atoms with Crippen molar-refractivity contribution in [3.63, 3.8) is 0 Å². The van der Waals surface area contributed by atoms with Crippen LogP contribution in [0.5, 0.6) is 0 Å². The fraction of sp³-hybridized carbons (Fsp3) is 0.762. The van der Waals surface area contributed by atoms with E-state index in [1.54, 1.807) is 26.0 Å². The number of hydrogen-bond acceptors (Lipinski definition) is 12. The zero-order valence-electron chi connectivity index (χ0n) is 33.0. The quantitative estimate of drug-likeness (QED) is 0.0941. The van der Waals surface area contributed by atoms with Crippen LogP contribution in [0, 0.1) is 5.41 Å². The van der Waals surface area contributed by atoms with E-state index in [4.69, 9.17) is 33.2 Å². The van der Waals surface area contributed by atoms with Gasteiger partial charge in [-0.1, -0.05) is 65.2 Å². The van der Waals surface area contributed by atoms with Gasteiger partial charge in [-0.2, -0.15) is 0 Å². The Morgan fingerprint density at radius 1 is 0.963 bits per heavy atom. The maximum atomic E-state index is 13.4. The van der Waals surface area contributed by atoms with Gasteiger partial charge < -0.3 is 48.5 Å². The normalized spacial score (nSPS) is 36.3. The van der Waals surface area contributed by atoms with E-state index in [9.17, 15) is 24.9 Å². The van der Waals surface area contributed by atoms with Crippen LogP contribution in [-0.4, -0.2) is 102 Å². The molecule has 3 saturated heterocycles. The lowest BCUT2D eigenvalue weighted by atomic mass is 9.74. The van der Waals surface area contributed by atoms with Crippen molar-refractivity contribution in [3.05, 3.63) is 48.8 Å². The summed E-state index contributed by atoms with van der Waals surface area (Å²) < 4.78 is 42.9. The predicted molar refractivity (Wildman–Crippen MR) is 202 cm³/mol. The molecule has 0 aromatic heterocycles. The molecule has 0 spiro atoms. The third-order valence-corrected chi connectivity index (χ3v) is 11.0. The molecule has 0 aromatic carbocycles. The second kappa shape index (κ2) is 21.1. The number of carbonyl (C=O) groups is 2. The highest BCUT2D eigenvalue weighted by atomic mass is 16.7. The van der Waals surface area contributed by atoms with E-state index < -0.39 is 60.5 Å². The summed E-state index contributed by atoms with van der Waals surface area (Å²) in [6, 6.07) is 0. The number of fused-ring (bicyclic) bond motifs is 6. The van der Waals surface area contributed by atoms with E-state index in [1.807, 2.05) is 6.08 Å². The molecule has 0 saturated carbocycles. The van der Waals surface area contributed by atoms with Crippen LogP contribution in [0.1, 0.15) is 124 Å². The SMILES string of the molecule is C=CC[C@H]1CC2C[C@H]3CCC[C@@H](C[C@@H](O)CC(=C)OC(CO)C[C@@H]4C/C(=C\C(=O)OC)[C@H](OC(=O)CCCCCCC)[C@@](O)(O4)C(C)(C)/C=C/[C@H](O2)O1)O3. The molecule has 0 amide bonds. The van der Waals surface area contributed by atoms with Gasteiger partial charge in [0.1, 0.15) is 6.10 Å². The summed E-state index contributed by atoms with van der Waals surface area (Å²) in [7, 11) is 1.25. The number of carbonyl (C=O) groups excluding carboxylic acids is 2. The standard InChI is InChI=1S/C42H66O12/c1-7-9-10-11-12-17-37(45)53-40-29(22-38(46)48-6)21-35-26-36(27-43)49-28(3)20-30(44)23-32-15-13-16-33(50-32)25-34-24-31(14-8-2)51-39(52-34)18-19-41(4,5)42(40,47)54-35/h8,18-19,22,30-36,39-40,43-44,47H,2-3,7,9-17,20-21,23-27H2,1,4-6H3/b19-18+,29-22+/t30-,31-,32-,33+,34?,35-,36?,39-,40-,42+/m0/s1. The van der Waals surface area contributed by atoms with E-state index in [2.05, 4.69) is 20.1 Å². The molecule has 10 atom stereocenters. The van der Waals surface area contributed by atoms with Gasteiger partial charge in [0.05, 0.1) is 56.1 Å². The number of ether oxygens (including phenoxy) is 7. The molecular formula is C42H66O12. The van der Waals surface area contributed by atoms with Crippen molar-refractivity contribution in [1.29, 1.82) is 0 Å². The molecule has 3 N–H and O–H groups in total. The van der Waals surface area contributed by atoms with Crippen molar-refractivity contribution in [2.75, 3.05) is 13.7 Å². The Hall–Kier alpha value is -2.58. The Kier molecular flexibility index (Phi) is 17.2. The number of aliphatic hydroxyl groups excluding tert-OH is 2. The first-order chi connectivity index (χ1) is 25.8. The van der Waals surface area contributed by atoms with Gasteiger partial charge in [0.25, 0.3) is 0 Å². The molecule has 4 aliphatic heterocycles. The average Bonchev–Trinajstić information content (AvgIpc) is 3.11. The number of aliphatic hydroxyl groups is 3. The number of rotatable bonds is 11. The van der Waals surface area contributed by atoms with Crippen LogP contribution in [0.4, 0.5) is 0 Å². The summed E-state index contributed by atoms with van der Waals surface area (Å²) in [5, 5.41) is 34.2. The smallest absolute Gasteiger partial charge is 0.330 e. The summed E-state index contributed by atoms with van der Waals surface area (Å²) in [4.78, 5) is 26.1. The molecule has 0 aliphatic carbocycles. The minimum absolute atomic E-state index is 0.0521. The lowest BCUT2D eigenvalue weighted by Gasteiger charge is -2.51. The van der Waals surface area contributed by atoms with Gasteiger partial charge in [-0.15, -0.1) is 6.58 Å². The second-order valence-corrected chi connectivity index (χ2v) is 16.0. The molecule has 4 rings (SSSR count). The number of unbranched alkanes of at least 4 members (excludes halogenated alkanes) is 4. The molecule has 0 radical (unpaired) electrons. The molecule has 3 fully saturated rings.